The molecule has 0 spiro atoms. The van der Waals surface area contributed by atoms with E-state index in [4.69, 9.17) is 14.2 Å². The fraction of sp³-hybridized carbons (Fsp3) is 0.810. The molecule has 0 aromatic rings. The Morgan fingerprint density at radius 1 is 0.312 bits per heavy atom. The number of rotatable bonds is 50. The molecule has 6 nitrogen and oxygen atoms in total. The van der Waals surface area contributed by atoms with E-state index in [1.165, 1.54) is 154 Å². The predicted octanol–water partition coefficient (Wildman–Crippen LogP) is 18.3. The lowest BCUT2D eigenvalue weighted by Crippen LogP contribution is -2.30. The van der Waals surface area contributed by atoms with Gasteiger partial charge in [0, 0.05) is 19.3 Å². The molecule has 0 fully saturated rings. The number of allylic oxidation sites excluding steroid dienone is 8. The molecule has 0 aromatic carbocycles. The van der Waals surface area contributed by atoms with Crippen molar-refractivity contribution in [2.45, 2.75) is 290 Å². The summed E-state index contributed by atoms with van der Waals surface area (Å²) in [4.78, 5) is 38.1. The van der Waals surface area contributed by atoms with Crippen LogP contribution >= 0.6 is 0 Å². The Hall–Kier alpha value is -2.63. The van der Waals surface area contributed by atoms with Crippen LogP contribution in [0, 0.1) is 0 Å². The lowest BCUT2D eigenvalue weighted by molar-refractivity contribution is -0.167. The quantitative estimate of drug-likeness (QED) is 0.0262. The monoisotopic (exact) mass is 897 g/mol. The van der Waals surface area contributed by atoms with E-state index < -0.39 is 6.10 Å². The molecule has 0 heterocycles. The third-order valence-corrected chi connectivity index (χ3v) is 12.1. The van der Waals surface area contributed by atoms with Gasteiger partial charge in [-0.3, -0.25) is 14.4 Å². The standard InChI is InChI=1S/C58H104O6/c1-4-7-10-13-16-19-22-25-27-28-29-30-31-34-36-39-42-45-48-51-57(60)63-54-55(53-62-56(59)50-47-44-41-38-35-32-24-21-18-15-12-9-6-3)64-58(61)52-49-46-43-40-37-33-26-23-20-17-14-11-8-5-2/h14,16-17,19,23,25-27,55H,4-13,15,18,20-22,24,28-54H2,1-3H3/b17-14+,19-16+,26-23+,27-25+/t55-/m1/s1. The Bertz CT molecular complexity index is 1120. The molecule has 0 aliphatic rings. The highest BCUT2D eigenvalue weighted by Gasteiger charge is 2.19. The molecule has 1 atom stereocenters. The minimum atomic E-state index is -0.779. The van der Waals surface area contributed by atoms with Crippen molar-refractivity contribution < 1.29 is 28.6 Å². The van der Waals surface area contributed by atoms with Crippen LogP contribution in [0.15, 0.2) is 48.6 Å². The van der Waals surface area contributed by atoms with Crippen molar-refractivity contribution in [3.05, 3.63) is 48.6 Å². The molecule has 0 unspecified atom stereocenters. The maximum absolute atomic E-state index is 12.8. The molecule has 0 N–H and O–H groups in total. The number of esters is 3. The van der Waals surface area contributed by atoms with Gasteiger partial charge in [0.05, 0.1) is 0 Å². The highest BCUT2D eigenvalue weighted by atomic mass is 16.6. The fourth-order valence-corrected chi connectivity index (χ4v) is 7.84. The Morgan fingerprint density at radius 3 is 0.938 bits per heavy atom. The second-order valence-electron chi connectivity index (χ2n) is 18.5. The van der Waals surface area contributed by atoms with Crippen molar-refractivity contribution in [3.63, 3.8) is 0 Å². The third-order valence-electron chi connectivity index (χ3n) is 12.1. The van der Waals surface area contributed by atoms with Gasteiger partial charge in [0.1, 0.15) is 13.2 Å². The number of carbonyl (C=O) groups excluding carboxylic acids is 3. The van der Waals surface area contributed by atoms with E-state index in [1.54, 1.807) is 0 Å². The lowest BCUT2D eigenvalue weighted by Gasteiger charge is -2.18. The maximum atomic E-state index is 12.8. The molecule has 0 saturated heterocycles. The summed E-state index contributed by atoms with van der Waals surface area (Å²) in [6.45, 7) is 6.58. The van der Waals surface area contributed by atoms with E-state index in [1.807, 2.05) is 0 Å². The third kappa shape index (κ3) is 50.4. The zero-order valence-corrected chi connectivity index (χ0v) is 42.6. The molecular weight excluding hydrogens is 793 g/mol. The summed E-state index contributed by atoms with van der Waals surface area (Å²) in [6, 6.07) is 0. The van der Waals surface area contributed by atoms with Crippen LogP contribution in [-0.2, 0) is 28.6 Å². The molecular formula is C58H104O6. The average molecular weight is 897 g/mol. The van der Waals surface area contributed by atoms with Crippen molar-refractivity contribution >= 4 is 17.9 Å². The normalized spacial score (nSPS) is 12.4. The molecule has 0 aliphatic carbocycles. The second kappa shape index (κ2) is 53.0. The largest absolute Gasteiger partial charge is 0.462 e. The van der Waals surface area contributed by atoms with Crippen LogP contribution in [0.1, 0.15) is 284 Å². The lowest BCUT2D eigenvalue weighted by atomic mass is 10.0. The van der Waals surface area contributed by atoms with Gasteiger partial charge >= 0.3 is 17.9 Å². The van der Waals surface area contributed by atoms with Crippen LogP contribution in [0.4, 0.5) is 0 Å². The van der Waals surface area contributed by atoms with Crippen molar-refractivity contribution in [2.75, 3.05) is 13.2 Å². The van der Waals surface area contributed by atoms with Crippen molar-refractivity contribution in [1.29, 1.82) is 0 Å². The molecule has 0 aromatic heterocycles. The summed E-state index contributed by atoms with van der Waals surface area (Å²) in [5.74, 6) is -0.885. The summed E-state index contributed by atoms with van der Waals surface area (Å²) >= 11 is 0. The second-order valence-corrected chi connectivity index (χ2v) is 18.5. The molecule has 0 bridgehead atoms. The minimum absolute atomic E-state index is 0.0775. The first-order valence-corrected chi connectivity index (χ1v) is 27.6. The zero-order valence-electron chi connectivity index (χ0n) is 42.6. The first-order chi connectivity index (χ1) is 31.5. The van der Waals surface area contributed by atoms with Gasteiger partial charge in [-0.05, 0) is 77.0 Å². The number of hydrogen-bond donors (Lipinski definition) is 0. The number of carbonyl (C=O) groups is 3. The topological polar surface area (TPSA) is 78.9 Å². The van der Waals surface area contributed by atoms with Gasteiger partial charge in [-0.2, -0.15) is 0 Å². The Morgan fingerprint density at radius 2 is 0.578 bits per heavy atom. The molecule has 0 aliphatic heterocycles. The molecule has 0 saturated carbocycles. The number of unbranched alkanes of at least 4 members (excludes halogenated alkanes) is 31. The smallest absolute Gasteiger partial charge is 0.306 e. The summed E-state index contributed by atoms with van der Waals surface area (Å²) in [5, 5.41) is 0. The van der Waals surface area contributed by atoms with E-state index >= 15 is 0 Å². The van der Waals surface area contributed by atoms with Crippen LogP contribution in [-0.4, -0.2) is 37.2 Å². The maximum Gasteiger partial charge on any atom is 0.306 e. The first kappa shape index (κ1) is 61.4. The van der Waals surface area contributed by atoms with E-state index in [0.29, 0.717) is 19.3 Å². The summed E-state index contributed by atoms with van der Waals surface area (Å²) in [6.07, 6.45) is 63.8. The molecule has 6 heteroatoms. The average Bonchev–Trinajstić information content (AvgIpc) is 3.29. The Labute approximate surface area is 397 Å². The van der Waals surface area contributed by atoms with E-state index in [0.717, 1.165) is 89.9 Å². The van der Waals surface area contributed by atoms with E-state index in [2.05, 4.69) is 69.4 Å². The molecule has 372 valence electrons. The van der Waals surface area contributed by atoms with Crippen molar-refractivity contribution in [3.8, 4) is 0 Å². The van der Waals surface area contributed by atoms with Gasteiger partial charge in [0.2, 0.25) is 0 Å². The highest BCUT2D eigenvalue weighted by molar-refractivity contribution is 5.71. The van der Waals surface area contributed by atoms with Crippen LogP contribution in [0.2, 0.25) is 0 Å². The van der Waals surface area contributed by atoms with Crippen LogP contribution in [0.25, 0.3) is 0 Å². The molecule has 64 heavy (non-hydrogen) atoms. The Balaban J connectivity index is 4.35. The molecule has 0 amide bonds. The summed E-state index contributed by atoms with van der Waals surface area (Å²) in [5.41, 5.74) is 0. The van der Waals surface area contributed by atoms with Crippen LogP contribution in [0.3, 0.4) is 0 Å². The summed E-state index contributed by atoms with van der Waals surface area (Å²) in [7, 11) is 0. The van der Waals surface area contributed by atoms with Gasteiger partial charge in [0.15, 0.2) is 6.10 Å². The fourth-order valence-electron chi connectivity index (χ4n) is 7.84. The van der Waals surface area contributed by atoms with Crippen LogP contribution < -0.4 is 0 Å². The summed E-state index contributed by atoms with van der Waals surface area (Å²) < 4.78 is 16.8. The van der Waals surface area contributed by atoms with Crippen LogP contribution in [0.5, 0.6) is 0 Å². The van der Waals surface area contributed by atoms with Gasteiger partial charge in [-0.1, -0.05) is 236 Å². The van der Waals surface area contributed by atoms with Crippen molar-refractivity contribution in [1.82, 2.24) is 0 Å². The number of ether oxygens (including phenoxy) is 3. The van der Waals surface area contributed by atoms with E-state index in [-0.39, 0.29) is 31.1 Å². The SMILES string of the molecule is CCCC/C=C/C/C=C/CCCCCCCC(=O)O[C@@H](COC(=O)CCCCCCCCCCC/C=C/C/C=C/CCCCC)COC(=O)CCCCCCCCCCCCCCC. The van der Waals surface area contributed by atoms with Gasteiger partial charge in [-0.25, -0.2) is 0 Å². The zero-order chi connectivity index (χ0) is 46.5. The predicted molar refractivity (Wildman–Crippen MR) is 275 cm³/mol. The van der Waals surface area contributed by atoms with Gasteiger partial charge in [0.25, 0.3) is 0 Å². The van der Waals surface area contributed by atoms with Crippen molar-refractivity contribution in [2.24, 2.45) is 0 Å². The molecule has 0 rings (SSSR count). The van der Waals surface area contributed by atoms with Gasteiger partial charge in [-0.15, -0.1) is 0 Å². The number of hydrogen-bond acceptors (Lipinski definition) is 6. The Kier molecular flexibility index (Phi) is 50.8. The minimum Gasteiger partial charge on any atom is -0.462 e. The van der Waals surface area contributed by atoms with E-state index in [9.17, 15) is 14.4 Å². The highest BCUT2D eigenvalue weighted by Crippen LogP contribution is 2.16. The van der Waals surface area contributed by atoms with Gasteiger partial charge < -0.3 is 14.2 Å². The first-order valence-electron chi connectivity index (χ1n) is 27.6. The molecule has 0 radical (unpaired) electrons.